The summed E-state index contributed by atoms with van der Waals surface area (Å²) in [5.74, 6) is -0.547. The molecule has 0 saturated carbocycles. The Morgan fingerprint density at radius 2 is 0.842 bits per heavy atom. The Labute approximate surface area is 468 Å². The molecule has 0 aliphatic rings. The lowest BCUT2D eigenvalue weighted by Crippen LogP contribution is -2.47. The Balaban J connectivity index is 5.36. The molecule has 0 radical (unpaired) electrons. The maximum atomic E-state index is 13.5. The van der Waals surface area contributed by atoms with Crippen LogP contribution in [0, 0.1) is 0 Å². The third kappa shape index (κ3) is 55.4. The summed E-state index contributed by atoms with van der Waals surface area (Å²) >= 11 is 0. The number of carbonyl (C=O) groups is 2. The summed E-state index contributed by atoms with van der Waals surface area (Å²) in [6.07, 6.45) is 75.1. The molecule has 9 nitrogen and oxygen atoms in total. The number of likely N-dealkylation sites (N-methyl/N-ethyl adjacent to an activating group) is 1. The molecule has 2 N–H and O–H groups in total. The van der Waals surface area contributed by atoms with Crippen molar-refractivity contribution in [1.29, 1.82) is 0 Å². The predicted molar refractivity (Wildman–Crippen MR) is 327 cm³/mol. The second kappa shape index (κ2) is 55.0. The van der Waals surface area contributed by atoms with Gasteiger partial charge in [-0.25, -0.2) is 4.57 Å². The number of hydrogen-bond donors (Lipinski definition) is 2. The molecule has 0 rings (SSSR count). The summed E-state index contributed by atoms with van der Waals surface area (Å²) in [6, 6.07) is -0.870. The van der Waals surface area contributed by atoms with Gasteiger partial charge in [0.1, 0.15) is 19.3 Å². The standard InChI is InChI=1S/C66H115N2O7P/c1-7-10-13-16-19-22-25-28-30-32-33-34-35-36-38-41-44-47-50-53-56-59-66(70)75-64(57-54-51-48-45-42-39-27-24-21-18-15-12-9-3)63(62-74-76(71,72)73-61-60-68(4,5)6)67-65(69)58-55-52-49-46-43-40-37-31-29-26-23-20-17-14-11-8-2/h10-11,13-14,19-20,22-23,28-31,33-34,36,38,54,57,63-64H,7-9,12,15-18,21,24-27,32,35,37,39-53,55-56,58-62H2,1-6H3,(H-,67,69,71,72)/p+1/b13-10-,14-11+,22-19-,23-20+,30-28-,31-29+,34-33-,38-36-,57-54+. The summed E-state index contributed by atoms with van der Waals surface area (Å²) in [5, 5.41) is 3.04. The number of allylic oxidation sites excluding steroid dienone is 17. The van der Waals surface area contributed by atoms with E-state index in [2.05, 4.69) is 123 Å². The van der Waals surface area contributed by atoms with Crippen LogP contribution in [0.25, 0.3) is 0 Å². The van der Waals surface area contributed by atoms with Crippen LogP contribution in [0.4, 0.5) is 0 Å². The van der Waals surface area contributed by atoms with E-state index in [1.165, 1.54) is 57.8 Å². The van der Waals surface area contributed by atoms with E-state index in [1.807, 2.05) is 33.3 Å². The van der Waals surface area contributed by atoms with Crippen LogP contribution in [0.3, 0.4) is 0 Å². The fourth-order valence-electron chi connectivity index (χ4n) is 8.27. The van der Waals surface area contributed by atoms with Crippen LogP contribution in [0.1, 0.15) is 245 Å². The average Bonchev–Trinajstić information content (AvgIpc) is 3.38. The number of amides is 1. The molecular weight excluding hydrogens is 964 g/mol. The van der Waals surface area contributed by atoms with Gasteiger partial charge in [-0.05, 0) is 109 Å². The van der Waals surface area contributed by atoms with Crippen molar-refractivity contribution in [2.24, 2.45) is 0 Å². The van der Waals surface area contributed by atoms with Crippen molar-refractivity contribution in [1.82, 2.24) is 5.32 Å². The predicted octanol–water partition coefficient (Wildman–Crippen LogP) is 18.9. The molecule has 0 aromatic carbocycles. The van der Waals surface area contributed by atoms with Gasteiger partial charge in [0, 0.05) is 12.8 Å². The van der Waals surface area contributed by atoms with Crippen molar-refractivity contribution < 1.29 is 37.3 Å². The van der Waals surface area contributed by atoms with Gasteiger partial charge < -0.3 is 19.4 Å². The zero-order valence-corrected chi connectivity index (χ0v) is 50.6. The minimum Gasteiger partial charge on any atom is -0.456 e. The van der Waals surface area contributed by atoms with Crippen LogP contribution >= 0.6 is 7.82 Å². The minimum atomic E-state index is -4.46. The smallest absolute Gasteiger partial charge is 0.456 e. The summed E-state index contributed by atoms with van der Waals surface area (Å²) < 4.78 is 30.7. The number of nitrogens with zero attached hydrogens (tertiary/aromatic N) is 1. The van der Waals surface area contributed by atoms with E-state index in [4.69, 9.17) is 13.8 Å². The first-order valence-electron chi connectivity index (χ1n) is 30.7. The van der Waals surface area contributed by atoms with Gasteiger partial charge >= 0.3 is 13.8 Å². The van der Waals surface area contributed by atoms with Crippen LogP contribution in [-0.4, -0.2) is 74.3 Å². The highest BCUT2D eigenvalue weighted by molar-refractivity contribution is 7.47. The van der Waals surface area contributed by atoms with E-state index in [9.17, 15) is 19.0 Å². The van der Waals surface area contributed by atoms with Gasteiger partial charge in [0.2, 0.25) is 5.91 Å². The average molecular weight is 1080 g/mol. The molecule has 0 bridgehead atoms. The van der Waals surface area contributed by atoms with E-state index < -0.39 is 20.0 Å². The van der Waals surface area contributed by atoms with Gasteiger partial charge in [-0.2, -0.15) is 0 Å². The van der Waals surface area contributed by atoms with E-state index >= 15 is 0 Å². The van der Waals surface area contributed by atoms with E-state index in [0.717, 1.165) is 148 Å². The fourth-order valence-corrected chi connectivity index (χ4v) is 9.01. The molecular formula is C66H116N2O7P+. The number of quaternary nitrogens is 1. The van der Waals surface area contributed by atoms with E-state index in [1.54, 1.807) is 0 Å². The number of rotatable bonds is 54. The molecule has 0 heterocycles. The summed E-state index contributed by atoms with van der Waals surface area (Å²) in [5.41, 5.74) is 0. The second-order valence-electron chi connectivity index (χ2n) is 21.5. The normalized spacial score (nSPS) is 14.5. The topological polar surface area (TPSA) is 111 Å². The number of nitrogens with one attached hydrogen (secondary N) is 1. The minimum absolute atomic E-state index is 0.0285. The molecule has 1 amide bonds. The number of esters is 1. The summed E-state index contributed by atoms with van der Waals surface area (Å²) in [6.45, 7) is 6.76. The Morgan fingerprint density at radius 1 is 0.474 bits per heavy atom. The molecule has 436 valence electrons. The Bertz CT molecular complexity index is 1670. The number of carbonyl (C=O) groups excluding carboxylic acids is 2. The van der Waals surface area contributed by atoms with Gasteiger partial charge in [0.05, 0.1) is 33.8 Å². The van der Waals surface area contributed by atoms with E-state index in [0.29, 0.717) is 23.9 Å². The van der Waals surface area contributed by atoms with Crippen LogP contribution in [0.2, 0.25) is 0 Å². The largest absolute Gasteiger partial charge is 0.472 e. The third-order valence-electron chi connectivity index (χ3n) is 13.0. The Kier molecular flexibility index (Phi) is 52.6. The summed E-state index contributed by atoms with van der Waals surface area (Å²) in [7, 11) is 1.46. The number of unbranched alkanes of at least 4 members (excludes halogenated alkanes) is 22. The maximum absolute atomic E-state index is 13.5. The monoisotopic (exact) mass is 1080 g/mol. The zero-order valence-electron chi connectivity index (χ0n) is 49.7. The molecule has 76 heavy (non-hydrogen) atoms. The first kappa shape index (κ1) is 72.7. The molecule has 0 saturated heterocycles. The van der Waals surface area contributed by atoms with Crippen molar-refractivity contribution in [3.8, 4) is 0 Å². The van der Waals surface area contributed by atoms with Crippen molar-refractivity contribution in [3.05, 3.63) is 109 Å². The van der Waals surface area contributed by atoms with Crippen molar-refractivity contribution in [2.45, 2.75) is 258 Å². The lowest BCUT2D eigenvalue weighted by Gasteiger charge is -2.27. The van der Waals surface area contributed by atoms with Gasteiger partial charge in [0.25, 0.3) is 0 Å². The zero-order chi connectivity index (χ0) is 55.7. The Hall–Kier alpha value is -3.33. The second-order valence-corrected chi connectivity index (χ2v) is 22.9. The highest BCUT2D eigenvalue weighted by Crippen LogP contribution is 2.43. The quantitative estimate of drug-likeness (QED) is 0.0205. The van der Waals surface area contributed by atoms with Crippen LogP contribution in [0.15, 0.2) is 109 Å². The number of ether oxygens (including phenoxy) is 1. The molecule has 3 unspecified atom stereocenters. The maximum Gasteiger partial charge on any atom is 0.472 e. The van der Waals surface area contributed by atoms with E-state index in [-0.39, 0.29) is 31.5 Å². The van der Waals surface area contributed by atoms with Crippen molar-refractivity contribution in [3.63, 3.8) is 0 Å². The van der Waals surface area contributed by atoms with Crippen molar-refractivity contribution >= 4 is 19.7 Å². The van der Waals surface area contributed by atoms with Crippen molar-refractivity contribution in [2.75, 3.05) is 40.9 Å². The molecule has 10 heteroatoms. The van der Waals surface area contributed by atoms with Gasteiger partial charge in [-0.15, -0.1) is 0 Å². The molecule has 3 atom stereocenters. The molecule has 0 aliphatic heterocycles. The molecule has 0 spiro atoms. The fraction of sp³-hybridized carbons (Fsp3) is 0.697. The third-order valence-corrected chi connectivity index (χ3v) is 13.9. The van der Waals surface area contributed by atoms with Crippen LogP contribution in [0.5, 0.6) is 0 Å². The molecule has 0 aliphatic carbocycles. The number of phosphoric ester groups is 1. The molecule has 0 aromatic heterocycles. The molecule has 0 aromatic rings. The van der Waals surface area contributed by atoms with Crippen LogP contribution < -0.4 is 5.32 Å². The summed E-state index contributed by atoms with van der Waals surface area (Å²) in [4.78, 5) is 37.7. The first-order chi connectivity index (χ1) is 36.9. The highest BCUT2D eigenvalue weighted by atomic mass is 31.2. The van der Waals surface area contributed by atoms with Gasteiger partial charge in [0.15, 0.2) is 0 Å². The lowest BCUT2D eigenvalue weighted by molar-refractivity contribution is -0.870. The van der Waals surface area contributed by atoms with Gasteiger partial charge in [-0.1, -0.05) is 233 Å². The van der Waals surface area contributed by atoms with Crippen LogP contribution in [-0.2, 0) is 27.9 Å². The SMILES string of the molecule is CC/C=C\C/C=C\C/C=C\C/C=C\C/C=C\CCCCCCCC(=O)OC(/C=C/CCCCCCCCCCCCC)C(COP(=O)(O)OCC[N+](C)(C)C)NC(=O)CCCCCCCC/C=C/C/C=C/C/C=C/CC. The highest BCUT2D eigenvalue weighted by Gasteiger charge is 2.30. The lowest BCUT2D eigenvalue weighted by atomic mass is 10.0. The number of hydrogen-bond acceptors (Lipinski definition) is 6. The van der Waals surface area contributed by atoms with Gasteiger partial charge in [-0.3, -0.25) is 18.6 Å². The Morgan fingerprint density at radius 3 is 1.26 bits per heavy atom. The number of phosphoric acid groups is 1. The molecule has 0 fully saturated rings. The first-order valence-corrected chi connectivity index (χ1v) is 32.2.